The predicted molar refractivity (Wildman–Crippen MR) is 95.8 cm³/mol. The number of rotatable bonds is 8. The van der Waals surface area contributed by atoms with Gasteiger partial charge in [-0.3, -0.25) is 9.59 Å². The van der Waals surface area contributed by atoms with Crippen molar-refractivity contribution < 1.29 is 23.8 Å². The molecule has 26 heavy (non-hydrogen) atoms. The van der Waals surface area contributed by atoms with Crippen LogP contribution < -0.4 is 10.1 Å². The molecule has 0 fully saturated rings. The number of carbonyl (C=O) groups excluding carboxylic acids is 1. The quantitative estimate of drug-likeness (QED) is 0.759. The maximum atomic E-state index is 13.0. The van der Waals surface area contributed by atoms with Crippen LogP contribution in [0, 0.1) is 19.7 Å². The van der Waals surface area contributed by atoms with Gasteiger partial charge in [0.05, 0.1) is 18.9 Å². The van der Waals surface area contributed by atoms with E-state index in [1.165, 1.54) is 24.3 Å². The molecule has 138 valence electrons. The Kier molecular flexibility index (Phi) is 6.72. The molecule has 5 nitrogen and oxygen atoms in total. The molecule has 1 unspecified atom stereocenters. The lowest BCUT2D eigenvalue weighted by Crippen LogP contribution is -2.32. The molecule has 0 saturated carbocycles. The molecule has 6 heteroatoms. The van der Waals surface area contributed by atoms with E-state index in [2.05, 4.69) is 5.32 Å². The number of amides is 1. The first-order valence-electron chi connectivity index (χ1n) is 8.32. The molecular weight excluding hydrogens is 337 g/mol. The van der Waals surface area contributed by atoms with Crippen molar-refractivity contribution in [2.45, 2.75) is 26.2 Å². The summed E-state index contributed by atoms with van der Waals surface area (Å²) >= 11 is 0. The first-order chi connectivity index (χ1) is 12.4. The van der Waals surface area contributed by atoms with E-state index in [9.17, 15) is 19.1 Å². The van der Waals surface area contributed by atoms with Gasteiger partial charge in [0.15, 0.2) is 0 Å². The summed E-state index contributed by atoms with van der Waals surface area (Å²) in [6.07, 6.45) is 0.114. The zero-order valence-electron chi connectivity index (χ0n) is 14.8. The van der Waals surface area contributed by atoms with Crippen molar-refractivity contribution in [3.63, 3.8) is 0 Å². The normalized spacial score (nSPS) is 11.7. The number of nitrogens with one attached hydrogen (secondary N) is 1. The lowest BCUT2D eigenvalue weighted by atomic mass is 9.99. The van der Waals surface area contributed by atoms with E-state index in [4.69, 9.17) is 4.74 Å². The summed E-state index contributed by atoms with van der Waals surface area (Å²) in [4.78, 5) is 23.3. The number of carbonyl (C=O) groups is 2. The van der Waals surface area contributed by atoms with Gasteiger partial charge in [0, 0.05) is 6.54 Å². The Balaban J connectivity index is 1.83. The molecule has 0 heterocycles. The second kappa shape index (κ2) is 8.99. The second-order valence-corrected chi connectivity index (χ2v) is 6.11. The Morgan fingerprint density at radius 1 is 1.15 bits per heavy atom. The van der Waals surface area contributed by atoms with Gasteiger partial charge >= 0.3 is 5.97 Å². The largest absolute Gasteiger partial charge is 0.493 e. The minimum atomic E-state index is -1.08. The number of hydrogen-bond donors (Lipinski definition) is 2. The number of halogens is 1. The lowest BCUT2D eigenvalue weighted by Gasteiger charge is -2.14. The van der Waals surface area contributed by atoms with Crippen molar-refractivity contribution in [1.29, 1.82) is 0 Å². The number of carboxylic acids is 1. The summed E-state index contributed by atoms with van der Waals surface area (Å²) in [7, 11) is 0. The van der Waals surface area contributed by atoms with Crippen molar-refractivity contribution in [3.8, 4) is 5.75 Å². The molecular formula is C20H22FNO4. The maximum Gasteiger partial charge on any atom is 0.312 e. The molecule has 2 rings (SSSR count). The zero-order chi connectivity index (χ0) is 19.1. The van der Waals surface area contributed by atoms with Crippen LogP contribution in [0.4, 0.5) is 4.39 Å². The third kappa shape index (κ3) is 5.58. The minimum Gasteiger partial charge on any atom is -0.493 e. The van der Waals surface area contributed by atoms with Crippen LogP contribution >= 0.6 is 0 Å². The third-order valence-electron chi connectivity index (χ3n) is 4.00. The molecule has 0 bridgehead atoms. The van der Waals surface area contributed by atoms with E-state index < -0.39 is 17.7 Å². The smallest absolute Gasteiger partial charge is 0.312 e. The fraction of sp³-hybridized carbons (Fsp3) is 0.300. The van der Waals surface area contributed by atoms with E-state index in [0.717, 1.165) is 16.9 Å². The second-order valence-electron chi connectivity index (χ2n) is 6.11. The summed E-state index contributed by atoms with van der Waals surface area (Å²) in [5.74, 6) is -2.02. The molecule has 0 saturated heterocycles. The van der Waals surface area contributed by atoms with Crippen LogP contribution in [0.25, 0.3) is 0 Å². The summed E-state index contributed by atoms with van der Waals surface area (Å²) < 4.78 is 18.6. The molecule has 0 aliphatic heterocycles. The fourth-order valence-corrected chi connectivity index (χ4v) is 2.46. The standard InChI is InChI=1S/C20H22FNO4/c1-13-3-4-14(2)18(11-13)26-10-9-19(23)22-12-17(20(24)25)15-5-7-16(21)8-6-15/h3-8,11,17H,9-10,12H2,1-2H3,(H,22,23)(H,24,25). The average molecular weight is 359 g/mol. The van der Waals surface area contributed by atoms with Crippen molar-refractivity contribution in [2.24, 2.45) is 0 Å². The van der Waals surface area contributed by atoms with Crippen LogP contribution in [-0.2, 0) is 9.59 Å². The number of hydrogen-bond acceptors (Lipinski definition) is 3. The van der Waals surface area contributed by atoms with Crippen molar-refractivity contribution >= 4 is 11.9 Å². The Morgan fingerprint density at radius 3 is 2.50 bits per heavy atom. The molecule has 0 spiro atoms. The van der Waals surface area contributed by atoms with Crippen molar-refractivity contribution in [1.82, 2.24) is 5.32 Å². The molecule has 1 atom stereocenters. The first kappa shape index (κ1) is 19.4. The number of benzene rings is 2. The third-order valence-corrected chi connectivity index (χ3v) is 4.00. The molecule has 2 aromatic rings. The van der Waals surface area contributed by atoms with Crippen LogP contribution in [0.15, 0.2) is 42.5 Å². The van der Waals surface area contributed by atoms with E-state index in [0.29, 0.717) is 5.56 Å². The number of aryl methyl sites for hydroxylation is 2. The highest BCUT2D eigenvalue weighted by molar-refractivity contribution is 5.79. The highest BCUT2D eigenvalue weighted by atomic mass is 19.1. The van der Waals surface area contributed by atoms with E-state index in [1.807, 2.05) is 32.0 Å². The Hall–Kier alpha value is -2.89. The maximum absolute atomic E-state index is 13.0. The first-order valence-corrected chi connectivity index (χ1v) is 8.32. The van der Waals surface area contributed by atoms with E-state index in [1.54, 1.807) is 0 Å². The summed E-state index contributed by atoms with van der Waals surface area (Å²) in [6.45, 7) is 4.02. The fourth-order valence-electron chi connectivity index (χ4n) is 2.46. The SMILES string of the molecule is Cc1ccc(C)c(OCCC(=O)NCC(C(=O)O)c2ccc(F)cc2)c1. The van der Waals surface area contributed by atoms with Gasteiger partial charge in [0.25, 0.3) is 0 Å². The predicted octanol–water partition coefficient (Wildman–Crippen LogP) is 3.20. The van der Waals surface area contributed by atoms with Gasteiger partial charge in [-0.2, -0.15) is 0 Å². The van der Waals surface area contributed by atoms with Crippen LogP contribution in [0.2, 0.25) is 0 Å². The van der Waals surface area contributed by atoms with Gasteiger partial charge in [-0.15, -0.1) is 0 Å². The summed E-state index contributed by atoms with van der Waals surface area (Å²) in [5, 5.41) is 11.9. The molecule has 2 N–H and O–H groups in total. The summed E-state index contributed by atoms with van der Waals surface area (Å²) in [6, 6.07) is 11.0. The van der Waals surface area contributed by atoms with Gasteiger partial charge < -0.3 is 15.2 Å². The van der Waals surface area contributed by atoms with Gasteiger partial charge in [-0.1, -0.05) is 24.3 Å². The molecule has 1 amide bonds. The monoisotopic (exact) mass is 359 g/mol. The zero-order valence-corrected chi connectivity index (χ0v) is 14.8. The highest BCUT2D eigenvalue weighted by Crippen LogP contribution is 2.19. The molecule has 0 aliphatic carbocycles. The van der Waals surface area contributed by atoms with Gasteiger partial charge in [-0.25, -0.2) is 4.39 Å². The summed E-state index contributed by atoms with van der Waals surface area (Å²) in [5.41, 5.74) is 2.49. The van der Waals surface area contributed by atoms with E-state index in [-0.39, 0.29) is 25.5 Å². The lowest BCUT2D eigenvalue weighted by molar-refractivity contribution is -0.138. The molecule has 2 aromatic carbocycles. The molecule has 0 aliphatic rings. The van der Waals surface area contributed by atoms with Gasteiger partial charge in [0.2, 0.25) is 5.91 Å². The van der Waals surface area contributed by atoms with Crippen LogP contribution in [0.5, 0.6) is 5.75 Å². The van der Waals surface area contributed by atoms with Crippen LogP contribution in [0.3, 0.4) is 0 Å². The van der Waals surface area contributed by atoms with Crippen LogP contribution in [0.1, 0.15) is 29.0 Å². The number of ether oxygens (including phenoxy) is 1. The van der Waals surface area contributed by atoms with Crippen LogP contribution in [-0.4, -0.2) is 30.1 Å². The topological polar surface area (TPSA) is 75.6 Å². The molecule has 0 radical (unpaired) electrons. The molecule has 0 aromatic heterocycles. The Labute approximate surface area is 151 Å². The minimum absolute atomic E-state index is 0.0662. The highest BCUT2D eigenvalue weighted by Gasteiger charge is 2.20. The van der Waals surface area contributed by atoms with Gasteiger partial charge in [0.1, 0.15) is 11.6 Å². The van der Waals surface area contributed by atoms with E-state index >= 15 is 0 Å². The van der Waals surface area contributed by atoms with Crippen molar-refractivity contribution in [3.05, 3.63) is 65.0 Å². The number of carboxylic acid groups (broad SMARTS) is 1. The average Bonchev–Trinajstić information content (AvgIpc) is 2.59. The van der Waals surface area contributed by atoms with Gasteiger partial charge in [-0.05, 0) is 48.7 Å². The Bertz CT molecular complexity index is 774. The van der Waals surface area contributed by atoms with Crippen molar-refractivity contribution in [2.75, 3.05) is 13.2 Å². The Morgan fingerprint density at radius 2 is 1.85 bits per heavy atom. The number of aliphatic carboxylic acids is 1.